The largest absolute Gasteiger partial charge is 0.323 e. The number of hydrogen-bond acceptors (Lipinski definition) is 2. The van der Waals surface area contributed by atoms with Gasteiger partial charge in [-0.2, -0.15) is 0 Å². The van der Waals surface area contributed by atoms with Gasteiger partial charge < -0.3 is 15.3 Å². The lowest BCUT2D eigenvalue weighted by molar-refractivity contribution is 0.771. The van der Waals surface area contributed by atoms with Gasteiger partial charge in [0.2, 0.25) is 0 Å². The molecule has 2 rings (SSSR count). The average molecular weight is 226 g/mol. The minimum Gasteiger partial charge on any atom is -0.306 e. The van der Waals surface area contributed by atoms with Crippen LogP contribution in [0.4, 0.5) is 0 Å². The van der Waals surface area contributed by atoms with Crippen LogP contribution in [0.25, 0.3) is 11.0 Å². The van der Waals surface area contributed by atoms with Crippen molar-refractivity contribution in [1.29, 1.82) is 0 Å². The van der Waals surface area contributed by atoms with Crippen LogP contribution in [0.5, 0.6) is 0 Å². The number of halogens is 1. The maximum Gasteiger partial charge on any atom is 0.323 e. The van der Waals surface area contributed by atoms with Gasteiger partial charge in [-0.05, 0) is 24.1 Å². The van der Waals surface area contributed by atoms with Gasteiger partial charge in [0.25, 0.3) is 0 Å². The van der Waals surface area contributed by atoms with Crippen molar-refractivity contribution in [2.24, 2.45) is 0 Å². The average Bonchev–Trinajstić information content (AvgIpc) is 2.57. The van der Waals surface area contributed by atoms with Crippen LogP contribution in [0, 0.1) is 0 Å². The first kappa shape index (κ1) is 10.3. The summed E-state index contributed by atoms with van der Waals surface area (Å²) >= 11 is 5.50. The second-order valence-electron chi connectivity index (χ2n) is 3.34. The highest BCUT2D eigenvalue weighted by Gasteiger charge is 1.99. The summed E-state index contributed by atoms with van der Waals surface area (Å²) in [4.78, 5) is 16.5. The van der Waals surface area contributed by atoms with E-state index >= 15 is 0 Å². The van der Waals surface area contributed by atoms with E-state index in [0.29, 0.717) is 6.00 Å². The molecule has 0 unspecified atom stereocenters. The van der Waals surface area contributed by atoms with Gasteiger partial charge in [-0.25, -0.2) is 4.79 Å². The van der Waals surface area contributed by atoms with Crippen LogP contribution in [-0.4, -0.2) is 22.5 Å². The number of imidazole rings is 1. The second-order valence-corrected chi connectivity index (χ2v) is 3.61. The van der Waals surface area contributed by atoms with E-state index in [1.54, 1.807) is 0 Å². The van der Waals surface area contributed by atoms with Gasteiger partial charge in [0, 0.05) is 6.54 Å². The van der Waals surface area contributed by atoms with Crippen molar-refractivity contribution in [3.05, 3.63) is 34.2 Å². The van der Waals surface area contributed by atoms with E-state index in [1.807, 2.05) is 18.2 Å². The fourth-order valence-corrected chi connectivity index (χ4v) is 1.67. The molecule has 15 heavy (non-hydrogen) atoms. The lowest BCUT2D eigenvalue weighted by Gasteiger charge is -2.01. The molecule has 4 nitrogen and oxygen atoms in total. The molecule has 0 spiro atoms. The van der Waals surface area contributed by atoms with Crippen LogP contribution in [0.1, 0.15) is 5.56 Å². The maximum atomic E-state index is 11.0. The molecule has 1 aromatic carbocycles. The molecule has 2 aromatic rings. The number of aromatic amines is 2. The van der Waals surface area contributed by atoms with E-state index in [1.165, 1.54) is 5.56 Å². The summed E-state index contributed by atoms with van der Waals surface area (Å²) in [6.45, 7) is 0.837. The van der Waals surface area contributed by atoms with Crippen molar-refractivity contribution in [3.8, 4) is 0 Å². The normalized spacial score (nSPS) is 11.0. The SMILES string of the molecule is O=c1[nH]c2ccc(CCNCCl)cc2[nH]1. The Morgan fingerprint density at radius 1 is 1.27 bits per heavy atom. The first-order chi connectivity index (χ1) is 7.29. The monoisotopic (exact) mass is 225 g/mol. The van der Waals surface area contributed by atoms with Crippen molar-refractivity contribution >= 4 is 22.6 Å². The molecule has 1 heterocycles. The molecule has 1 aromatic heterocycles. The smallest absolute Gasteiger partial charge is 0.306 e. The van der Waals surface area contributed by atoms with Crippen LogP contribution >= 0.6 is 11.6 Å². The topological polar surface area (TPSA) is 60.7 Å². The molecule has 0 aliphatic carbocycles. The number of nitrogens with one attached hydrogen (secondary N) is 3. The Hall–Kier alpha value is -1.26. The Kier molecular flexibility index (Phi) is 3.08. The van der Waals surface area contributed by atoms with Gasteiger partial charge in [0.05, 0.1) is 17.0 Å². The highest BCUT2D eigenvalue weighted by molar-refractivity contribution is 6.17. The standard InChI is InChI=1S/C10H12ClN3O/c11-6-12-4-3-7-1-2-8-9(5-7)14-10(15)13-8/h1-2,5,12H,3-4,6H2,(H2,13,14,15). The number of H-pyrrole nitrogens is 2. The van der Waals surface area contributed by atoms with E-state index in [-0.39, 0.29) is 5.69 Å². The first-order valence-corrected chi connectivity index (χ1v) is 5.30. The van der Waals surface area contributed by atoms with E-state index in [0.717, 1.165) is 24.0 Å². The fraction of sp³-hybridized carbons (Fsp3) is 0.300. The summed E-state index contributed by atoms with van der Waals surface area (Å²) in [5.74, 6) is 0. The van der Waals surface area contributed by atoms with E-state index in [4.69, 9.17) is 11.6 Å². The predicted molar refractivity (Wildman–Crippen MR) is 61.3 cm³/mol. The molecule has 0 fully saturated rings. The minimum atomic E-state index is -0.166. The number of benzene rings is 1. The number of hydrogen-bond donors (Lipinski definition) is 3. The van der Waals surface area contributed by atoms with Gasteiger partial charge in [-0.15, -0.1) is 11.6 Å². The molecule has 3 N–H and O–H groups in total. The van der Waals surface area contributed by atoms with Crippen molar-refractivity contribution in [1.82, 2.24) is 15.3 Å². The zero-order valence-electron chi connectivity index (χ0n) is 8.14. The molecule has 5 heteroatoms. The summed E-state index contributed by atoms with van der Waals surface area (Å²) in [5, 5.41) is 3.04. The summed E-state index contributed by atoms with van der Waals surface area (Å²) in [6, 6.07) is 6.34. The third-order valence-corrected chi connectivity index (χ3v) is 2.45. The molecule has 0 saturated heterocycles. The molecule has 0 aliphatic heterocycles. The van der Waals surface area contributed by atoms with Crippen molar-refractivity contribution in [3.63, 3.8) is 0 Å². The van der Waals surface area contributed by atoms with Crippen LogP contribution in [0.2, 0.25) is 0 Å². The van der Waals surface area contributed by atoms with Gasteiger partial charge in [-0.1, -0.05) is 6.07 Å². The molecule has 0 amide bonds. The predicted octanol–water partition coefficient (Wildman–Crippen LogP) is 1.18. The molecule has 0 saturated carbocycles. The molecule has 0 radical (unpaired) electrons. The zero-order valence-corrected chi connectivity index (χ0v) is 8.90. The lowest BCUT2D eigenvalue weighted by Crippen LogP contribution is -2.14. The van der Waals surface area contributed by atoms with E-state index in [9.17, 15) is 4.79 Å². The first-order valence-electron chi connectivity index (χ1n) is 4.77. The Balaban J connectivity index is 2.19. The molecular weight excluding hydrogens is 214 g/mol. The van der Waals surface area contributed by atoms with Crippen LogP contribution in [-0.2, 0) is 6.42 Å². The lowest BCUT2D eigenvalue weighted by atomic mass is 10.1. The quantitative estimate of drug-likeness (QED) is 0.416. The highest BCUT2D eigenvalue weighted by Crippen LogP contribution is 2.10. The number of aromatic nitrogens is 2. The number of fused-ring (bicyclic) bond motifs is 1. The van der Waals surface area contributed by atoms with E-state index in [2.05, 4.69) is 15.3 Å². The van der Waals surface area contributed by atoms with Crippen LogP contribution < -0.4 is 11.0 Å². The van der Waals surface area contributed by atoms with Crippen molar-refractivity contribution < 1.29 is 0 Å². The number of alkyl halides is 1. The Labute approximate surface area is 91.7 Å². The number of rotatable bonds is 4. The Morgan fingerprint density at radius 3 is 2.87 bits per heavy atom. The molecule has 0 aliphatic rings. The summed E-state index contributed by atoms with van der Waals surface area (Å²) in [6.07, 6.45) is 0.899. The third kappa shape index (κ3) is 2.40. The van der Waals surface area contributed by atoms with Crippen molar-refractivity contribution in [2.75, 3.05) is 12.5 Å². The molecule has 0 bridgehead atoms. The fourth-order valence-electron chi connectivity index (χ4n) is 1.53. The summed E-state index contributed by atoms with van der Waals surface area (Å²) in [5.41, 5.74) is 2.70. The van der Waals surface area contributed by atoms with Crippen molar-refractivity contribution in [2.45, 2.75) is 6.42 Å². The third-order valence-electron chi connectivity index (χ3n) is 2.27. The zero-order chi connectivity index (χ0) is 10.7. The van der Waals surface area contributed by atoms with Gasteiger partial charge in [-0.3, -0.25) is 0 Å². The van der Waals surface area contributed by atoms with Gasteiger partial charge >= 0.3 is 5.69 Å². The van der Waals surface area contributed by atoms with Gasteiger partial charge in [0.15, 0.2) is 0 Å². The molecular formula is C10H12ClN3O. The summed E-state index contributed by atoms with van der Waals surface area (Å²) in [7, 11) is 0. The molecule has 0 atom stereocenters. The van der Waals surface area contributed by atoms with E-state index < -0.39 is 0 Å². The van der Waals surface area contributed by atoms with Gasteiger partial charge in [0.1, 0.15) is 0 Å². The Bertz CT molecular complexity index is 503. The Morgan fingerprint density at radius 2 is 2.07 bits per heavy atom. The minimum absolute atomic E-state index is 0.166. The highest BCUT2D eigenvalue weighted by atomic mass is 35.5. The molecule has 80 valence electrons. The van der Waals surface area contributed by atoms with Crippen LogP contribution in [0.15, 0.2) is 23.0 Å². The van der Waals surface area contributed by atoms with Crippen LogP contribution in [0.3, 0.4) is 0 Å². The summed E-state index contributed by atoms with van der Waals surface area (Å²) < 4.78 is 0. The maximum absolute atomic E-state index is 11.0. The second kappa shape index (κ2) is 4.51.